The Morgan fingerprint density at radius 3 is 2.45 bits per heavy atom. The lowest BCUT2D eigenvalue weighted by molar-refractivity contribution is 0.0774. The molecule has 2 N–H and O–H groups in total. The molecule has 1 aliphatic carbocycles. The molecule has 1 unspecified atom stereocenters. The van der Waals surface area contributed by atoms with E-state index in [4.69, 9.17) is 0 Å². The zero-order valence-electron chi connectivity index (χ0n) is 7.77. The molecule has 0 aromatic heterocycles. The van der Waals surface area contributed by atoms with Gasteiger partial charge in [0, 0.05) is 12.1 Å². The fraction of sp³-hybridized carbons (Fsp3) is 1.00. The van der Waals surface area contributed by atoms with Crippen molar-refractivity contribution in [3.8, 4) is 0 Å². The van der Waals surface area contributed by atoms with E-state index < -0.39 is 0 Å². The van der Waals surface area contributed by atoms with Crippen LogP contribution in [0.15, 0.2) is 0 Å². The van der Waals surface area contributed by atoms with Crippen molar-refractivity contribution in [3.05, 3.63) is 0 Å². The minimum Gasteiger partial charge on any atom is -0.315 e. The normalized spacial score (nSPS) is 34.9. The fourth-order valence-electron chi connectivity index (χ4n) is 2.05. The van der Waals surface area contributed by atoms with E-state index >= 15 is 0 Å². The molecule has 0 aromatic rings. The van der Waals surface area contributed by atoms with Crippen molar-refractivity contribution < 1.29 is 0 Å². The van der Waals surface area contributed by atoms with Gasteiger partial charge in [0.1, 0.15) is 0 Å². The second-order valence-electron chi connectivity index (χ2n) is 3.89. The average molecular weight is 174 g/mol. The smallest absolute Gasteiger partial charge is 0.0336 e. The molecule has 66 valence electrons. The van der Waals surface area contributed by atoms with Crippen LogP contribution in [0, 0.1) is 5.41 Å². The number of nitrogens with one attached hydrogen (secondary N) is 2. The lowest BCUT2D eigenvalue weighted by Gasteiger charge is -2.51. The maximum absolute atomic E-state index is 3.39. The summed E-state index contributed by atoms with van der Waals surface area (Å²) in [6.45, 7) is 4.62. The van der Waals surface area contributed by atoms with E-state index in [9.17, 15) is 0 Å². The number of likely N-dealkylation sites (N-methyl/N-ethyl adjacent to an activating group) is 1. The molecule has 0 aromatic carbocycles. The summed E-state index contributed by atoms with van der Waals surface area (Å²) < 4.78 is 3.39. The first-order valence-electron chi connectivity index (χ1n) is 4.07. The molecule has 0 radical (unpaired) electrons. The highest BCUT2D eigenvalue weighted by Gasteiger charge is 2.45. The minimum absolute atomic E-state index is 0.474. The molecule has 0 heterocycles. The third-order valence-electron chi connectivity index (χ3n) is 2.57. The van der Waals surface area contributed by atoms with E-state index in [0.29, 0.717) is 17.5 Å². The molecule has 11 heavy (non-hydrogen) atoms. The van der Waals surface area contributed by atoms with Crippen LogP contribution < -0.4 is 10.0 Å². The molecular formula is C8H18N2S. The summed E-state index contributed by atoms with van der Waals surface area (Å²) in [4.78, 5) is 0. The first kappa shape index (κ1) is 9.36. The zero-order chi connectivity index (χ0) is 8.48. The number of hydrogen-bond acceptors (Lipinski definition) is 3. The highest BCUT2D eigenvalue weighted by Crippen LogP contribution is 2.40. The maximum atomic E-state index is 3.39. The minimum atomic E-state index is 0.474. The van der Waals surface area contributed by atoms with Crippen LogP contribution in [0.25, 0.3) is 0 Å². The van der Waals surface area contributed by atoms with Crippen LogP contribution in [-0.4, -0.2) is 25.4 Å². The Hall–Kier alpha value is 0.270. The Labute approximate surface area is 73.6 Å². The Bertz CT molecular complexity index is 136. The predicted molar refractivity (Wildman–Crippen MR) is 51.7 cm³/mol. The van der Waals surface area contributed by atoms with Crippen LogP contribution >= 0.6 is 11.9 Å². The third kappa shape index (κ3) is 1.71. The fourth-order valence-corrected chi connectivity index (χ4v) is 2.57. The van der Waals surface area contributed by atoms with Gasteiger partial charge in [0.2, 0.25) is 0 Å². The molecule has 2 nitrogen and oxygen atoms in total. The number of rotatable bonds is 3. The summed E-state index contributed by atoms with van der Waals surface area (Å²) in [5, 5.41) is 3.35. The van der Waals surface area contributed by atoms with Gasteiger partial charge in [0.25, 0.3) is 0 Å². The van der Waals surface area contributed by atoms with Gasteiger partial charge in [0.15, 0.2) is 0 Å². The van der Waals surface area contributed by atoms with Crippen molar-refractivity contribution in [2.24, 2.45) is 5.41 Å². The highest BCUT2D eigenvalue weighted by molar-refractivity contribution is 7.96. The summed E-state index contributed by atoms with van der Waals surface area (Å²) in [6.07, 6.45) is 3.36. The van der Waals surface area contributed by atoms with Gasteiger partial charge in [-0.15, -0.1) is 0 Å². The highest BCUT2D eigenvalue weighted by atomic mass is 32.2. The lowest BCUT2D eigenvalue weighted by atomic mass is 9.64. The van der Waals surface area contributed by atoms with Crippen LogP contribution in [0.4, 0.5) is 0 Å². The largest absolute Gasteiger partial charge is 0.315 e. The van der Waals surface area contributed by atoms with Crippen molar-refractivity contribution in [3.63, 3.8) is 0 Å². The number of hydrogen-bond donors (Lipinski definition) is 2. The van der Waals surface area contributed by atoms with Gasteiger partial charge in [-0.05, 0) is 25.1 Å². The van der Waals surface area contributed by atoms with Crippen LogP contribution in [0.1, 0.15) is 20.3 Å². The van der Waals surface area contributed by atoms with Crippen LogP contribution in [0.5, 0.6) is 0 Å². The molecule has 1 rings (SSSR count). The van der Waals surface area contributed by atoms with E-state index in [1.165, 1.54) is 6.42 Å². The lowest BCUT2D eigenvalue weighted by Crippen LogP contribution is -2.63. The second kappa shape index (κ2) is 3.33. The molecule has 1 aliphatic rings. The molecule has 0 bridgehead atoms. The van der Waals surface area contributed by atoms with E-state index in [-0.39, 0.29) is 0 Å². The van der Waals surface area contributed by atoms with E-state index in [2.05, 4.69) is 30.1 Å². The van der Waals surface area contributed by atoms with Crippen molar-refractivity contribution in [2.75, 3.05) is 13.3 Å². The zero-order valence-corrected chi connectivity index (χ0v) is 8.59. The summed E-state index contributed by atoms with van der Waals surface area (Å²) in [7, 11) is 2.04. The van der Waals surface area contributed by atoms with Gasteiger partial charge in [0.05, 0.1) is 0 Å². The molecule has 1 fully saturated rings. The second-order valence-corrected chi connectivity index (χ2v) is 4.53. The summed E-state index contributed by atoms with van der Waals surface area (Å²) in [6, 6.07) is 1.29. The van der Waals surface area contributed by atoms with Gasteiger partial charge < -0.3 is 5.32 Å². The quantitative estimate of drug-likeness (QED) is 0.630. The van der Waals surface area contributed by atoms with Crippen LogP contribution in [-0.2, 0) is 0 Å². The Kier molecular flexibility index (Phi) is 2.84. The van der Waals surface area contributed by atoms with Crippen molar-refractivity contribution in [2.45, 2.75) is 32.4 Å². The van der Waals surface area contributed by atoms with E-state index in [1.807, 2.05) is 7.05 Å². The van der Waals surface area contributed by atoms with Gasteiger partial charge in [-0.3, -0.25) is 4.72 Å². The molecular weight excluding hydrogens is 156 g/mol. The Morgan fingerprint density at radius 1 is 1.45 bits per heavy atom. The third-order valence-corrected chi connectivity index (χ3v) is 3.11. The van der Waals surface area contributed by atoms with E-state index in [0.717, 1.165) is 0 Å². The topological polar surface area (TPSA) is 24.1 Å². The molecule has 0 saturated heterocycles. The molecule has 1 saturated carbocycles. The van der Waals surface area contributed by atoms with Crippen LogP contribution in [0.3, 0.4) is 0 Å². The summed E-state index contributed by atoms with van der Waals surface area (Å²) in [5.41, 5.74) is 0.474. The predicted octanol–water partition coefficient (Wildman–Crippen LogP) is 1.24. The molecule has 0 amide bonds. The van der Waals surface area contributed by atoms with E-state index in [1.54, 1.807) is 11.9 Å². The Balaban J connectivity index is 2.39. The van der Waals surface area contributed by atoms with Crippen molar-refractivity contribution in [1.82, 2.24) is 10.0 Å². The monoisotopic (exact) mass is 174 g/mol. The Morgan fingerprint density at radius 2 is 2.09 bits per heavy atom. The average Bonchev–Trinajstić information content (AvgIpc) is 1.87. The molecule has 3 heteroatoms. The van der Waals surface area contributed by atoms with Gasteiger partial charge in [-0.25, -0.2) is 0 Å². The van der Waals surface area contributed by atoms with Crippen LogP contribution in [0.2, 0.25) is 0 Å². The van der Waals surface area contributed by atoms with Gasteiger partial charge >= 0.3 is 0 Å². The van der Waals surface area contributed by atoms with Gasteiger partial charge in [-0.1, -0.05) is 25.8 Å². The van der Waals surface area contributed by atoms with Crippen molar-refractivity contribution in [1.29, 1.82) is 0 Å². The molecule has 2 atom stereocenters. The standard InChI is InChI=1S/C8H18N2S/c1-8(2)5-6(10-11-4)7(8)9-3/h6-7,9-10H,5H2,1-4H3/t6?,7-/m0/s1. The summed E-state index contributed by atoms with van der Waals surface area (Å²) in [5.74, 6) is 0. The van der Waals surface area contributed by atoms with Gasteiger partial charge in [-0.2, -0.15) is 0 Å². The first-order chi connectivity index (χ1) is 5.11. The molecule has 0 spiro atoms. The van der Waals surface area contributed by atoms with Crippen molar-refractivity contribution >= 4 is 11.9 Å². The first-order valence-corrected chi connectivity index (χ1v) is 5.30. The molecule has 0 aliphatic heterocycles. The summed E-state index contributed by atoms with van der Waals surface area (Å²) >= 11 is 1.72. The SMILES string of the molecule is CN[C@H]1C(NSC)CC1(C)C. The maximum Gasteiger partial charge on any atom is 0.0336 e.